The van der Waals surface area contributed by atoms with E-state index in [-0.39, 0.29) is 5.92 Å². The highest BCUT2D eigenvalue weighted by atomic mass is 16.4. The van der Waals surface area contributed by atoms with Gasteiger partial charge in [-0.15, -0.1) is 0 Å². The molecule has 21 heavy (non-hydrogen) atoms. The van der Waals surface area contributed by atoms with Crippen LogP contribution in [0.15, 0.2) is 54.6 Å². The van der Waals surface area contributed by atoms with Gasteiger partial charge >= 0.3 is 5.97 Å². The van der Waals surface area contributed by atoms with Crippen LogP contribution in [0.2, 0.25) is 0 Å². The van der Waals surface area contributed by atoms with Crippen molar-refractivity contribution in [1.82, 2.24) is 0 Å². The van der Waals surface area contributed by atoms with Gasteiger partial charge in [0.15, 0.2) is 0 Å². The molecule has 0 heterocycles. The van der Waals surface area contributed by atoms with Gasteiger partial charge in [0, 0.05) is 0 Å². The number of nitrogens with two attached hydrogens (primary N) is 1. The summed E-state index contributed by atoms with van der Waals surface area (Å²) in [4.78, 5) is 11.3. The summed E-state index contributed by atoms with van der Waals surface area (Å²) in [6.07, 6.45) is 1.94. The molecule has 0 fully saturated rings. The Hall–Kier alpha value is -2.13. The number of carboxylic acids is 1. The molecule has 3 nitrogen and oxygen atoms in total. The highest BCUT2D eigenvalue weighted by Crippen LogP contribution is 2.21. The molecule has 3 N–H and O–H groups in total. The first-order valence-electron chi connectivity index (χ1n) is 7.28. The fourth-order valence-electron chi connectivity index (χ4n) is 2.43. The fraction of sp³-hybridized carbons (Fsp3) is 0.278. The molecular formula is C18H21NO2. The maximum absolute atomic E-state index is 11.3. The zero-order chi connectivity index (χ0) is 15.1. The first kappa shape index (κ1) is 15.3. The molecule has 2 aromatic carbocycles. The minimum absolute atomic E-state index is 0.351. The van der Waals surface area contributed by atoms with E-state index in [0.29, 0.717) is 19.4 Å². The van der Waals surface area contributed by atoms with E-state index in [1.54, 1.807) is 0 Å². The average Bonchev–Trinajstić information content (AvgIpc) is 2.52. The van der Waals surface area contributed by atoms with Gasteiger partial charge in [-0.1, -0.05) is 54.6 Å². The van der Waals surface area contributed by atoms with Crippen LogP contribution in [0.4, 0.5) is 0 Å². The summed E-state index contributed by atoms with van der Waals surface area (Å²) in [5.74, 6) is -1.09. The van der Waals surface area contributed by atoms with Crippen LogP contribution < -0.4 is 5.73 Å². The summed E-state index contributed by atoms with van der Waals surface area (Å²) < 4.78 is 0. The number of carbonyl (C=O) groups is 1. The highest BCUT2D eigenvalue weighted by molar-refractivity contribution is 5.70. The van der Waals surface area contributed by atoms with Gasteiger partial charge in [0.1, 0.15) is 0 Å². The van der Waals surface area contributed by atoms with E-state index in [4.69, 9.17) is 5.73 Å². The summed E-state index contributed by atoms with van der Waals surface area (Å²) >= 11 is 0. The molecule has 0 amide bonds. The predicted octanol–water partition coefficient (Wildman–Crippen LogP) is 3.34. The molecule has 2 rings (SSSR count). The topological polar surface area (TPSA) is 63.3 Å². The molecule has 0 bridgehead atoms. The van der Waals surface area contributed by atoms with Gasteiger partial charge in [0.05, 0.1) is 5.92 Å². The lowest BCUT2D eigenvalue weighted by Crippen LogP contribution is -2.17. The van der Waals surface area contributed by atoms with Crippen molar-refractivity contribution in [1.29, 1.82) is 0 Å². The number of hydrogen-bond acceptors (Lipinski definition) is 2. The minimum Gasteiger partial charge on any atom is -0.481 e. The predicted molar refractivity (Wildman–Crippen MR) is 85.0 cm³/mol. The number of aliphatic carboxylic acids is 1. The van der Waals surface area contributed by atoms with Crippen LogP contribution in [0.5, 0.6) is 0 Å². The second kappa shape index (κ2) is 7.60. The van der Waals surface area contributed by atoms with Crippen LogP contribution in [0.3, 0.4) is 0 Å². The van der Waals surface area contributed by atoms with Crippen LogP contribution in [-0.2, 0) is 11.2 Å². The van der Waals surface area contributed by atoms with E-state index in [1.807, 2.05) is 42.5 Å². The molecule has 2 aromatic rings. The summed E-state index contributed by atoms with van der Waals surface area (Å²) in [6, 6.07) is 18.3. The lowest BCUT2D eigenvalue weighted by atomic mass is 9.93. The van der Waals surface area contributed by atoms with Crippen molar-refractivity contribution >= 4 is 5.97 Å². The summed E-state index contributed by atoms with van der Waals surface area (Å²) in [5, 5.41) is 9.25. The Morgan fingerprint density at radius 1 is 1.00 bits per heavy atom. The van der Waals surface area contributed by atoms with Crippen molar-refractivity contribution in [2.24, 2.45) is 11.7 Å². The quantitative estimate of drug-likeness (QED) is 0.819. The normalized spacial score (nSPS) is 12.0. The second-order valence-corrected chi connectivity index (χ2v) is 5.23. The first-order valence-corrected chi connectivity index (χ1v) is 7.28. The first-order chi connectivity index (χ1) is 10.2. The molecule has 110 valence electrons. The van der Waals surface area contributed by atoms with Crippen molar-refractivity contribution in [2.45, 2.75) is 19.3 Å². The molecule has 0 aliphatic heterocycles. The number of carboxylic acid groups (broad SMARTS) is 1. The van der Waals surface area contributed by atoms with Crippen LogP contribution >= 0.6 is 0 Å². The molecule has 0 aliphatic rings. The van der Waals surface area contributed by atoms with Crippen LogP contribution in [0.1, 0.15) is 18.4 Å². The van der Waals surface area contributed by atoms with Gasteiger partial charge < -0.3 is 10.8 Å². The molecule has 0 saturated heterocycles. The SMILES string of the molecule is NCCC[C@H](Cc1ccc(-c2ccccc2)cc1)C(=O)O. The molecule has 1 atom stereocenters. The molecule has 0 radical (unpaired) electrons. The fourth-order valence-corrected chi connectivity index (χ4v) is 2.43. The molecule has 3 heteroatoms. The van der Waals surface area contributed by atoms with E-state index in [2.05, 4.69) is 12.1 Å². The standard InChI is InChI=1S/C18H21NO2/c19-12-4-7-17(18(20)21)13-14-8-10-16(11-9-14)15-5-2-1-3-6-15/h1-3,5-6,8-11,17H,4,7,12-13,19H2,(H,20,21)/t17-/m1/s1. The van der Waals surface area contributed by atoms with Crippen molar-refractivity contribution in [3.8, 4) is 11.1 Å². The van der Waals surface area contributed by atoms with E-state index in [9.17, 15) is 9.90 Å². The molecular weight excluding hydrogens is 262 g/mol. The average molecular weight is 283 g/mol. The summed E-state index contributed by atoms with van der Waals surface area (Å²) in [6.45, 7) is 0.538. The Balaban J connectivity index is 2.06. The third kappa shape index (κ3) is 4.43. The zero-order valence-corrected chi connectivity index (χ0v) is 12.0. The Labute approximate surface area is 125 Å². The Kier molecular flexibility index (Phi) is 5.52. The van der Waals surface area contributed by atoms with E-state index in [0.717, 1.165) is 17.5 Å². The smallest absolute Gasteiger partial charge is 0.306 e. The lowest BCUT2D eigenvalue weighted by Gasteiger charge is -2.12. The van der Waals surface area contributed by atoms with Gasteiger partial charge in [0.2, 0.25) is 0 Å². The number of benzene rings is 2. The third-order valence-electron chi connectivity index (χ3n) is 3.65. The van der Waals surface area contributed by atoms with E-state index >= 15 is 0 Å². The zero-order valence-electron chi connectivity index (χ0n) is 12.0. The van der Waals surface area contributed by atoms with Gasteiger partial charge in [-0.3, -0.25) is 4.79 Å². The Morgan fingerprint density at radius 2 is 1.62 bits per heavy atom. The maximum atomic E-state index is 11.3. The maximum Gasteiger partial charge on any atom is 0.306 e. The second-order valence-electron chi connectivity index (χ2n) is 5.23. The van der Waals surface area contributed by atoms with Crippen molar-refractivity contribution in [2.75, 3.05) is 6.54 Å². The van der Waals surface area contributed by atoms with Gasteiger partial charge in [-0.05, 0) is 42.5 Å². The van der Waals surface area contributed by atoms with Crippen LogP contribution in [-0.4, -0.2) is 17.6 Å². The van der Waals surface area contributed by atoms with Crippen molar-refractivity contribution < 1.29 is 9.90 Å². The van der Waals surface area contributed by atoms with Crippen LogP contribution in [0.25, 0.3) is 11.1 Å². The van der Waals surface area contributed by atoms with Gasteiger partial charge in [-0.25, -0.2) is 0 Å². The molecule has 0 aromatic heterocycles. The third-order valence-corrected chi connectivity index (χ3v) is 3.65. The molecule has 0 aliphatic carbocycles. The number of hydrogen-bond donors (Lipinski definition) is 2. The highest BCUT2D eigenvalue weighted by Gasteiger charge is 2.17. The largest absolute Gasteiger partial charge is 0.481 e. The Bertz CT molecular complexity index is 564. The number of rotatable bonds is 7. The lowest BCUT2D eigenvalue weighted by molar-refractivity contribution is -0.141. The summed E-state index contributed by atoms with van der Waals surface area (Å²) in [5.41, 5.74) is 8.83. The monoisotopic (exact) mass is 283 g/mol. The molecule has 0 saturated carbocycles. The van der Waals surface area contributed by atoms with E-state index in [1.165, 1.54) is 5.56 Å². The Morgan fingerprint density at radius 3 is 2.19 bits per heavy atom. The van der Waals surface area contributed by atoms with Crippen molar-refractivity contribution in [3.63, 3.8) is 0 Å². The van der Waals surface area contributed by atoms with E-state index < -0.39 is 5.97 Å². The van der Waals surface area contributed by atoms with Gasteiger partial charge in [-0.2, -0.15) is 0 Å². The molecule has 0 unspecified atom stereocenters. The summed E-state index contributed by atoms with van der Waals surface area (Å²) in [7, 11) is 0. The van der Waals surface area contributed by atoms with Crippen LogP contribution in [0, 0.1) is 5.92 Å². The molecule has 0 spiro atoms. The van der Waals surface area contributed by atoms with Gasteiger partial charge in [0.25, 0.3) is 0 Å². The minimum atomic E-state index is -0.740. The van der Waals surface area contributed by atoms with Crippen molar-refractivity contribution in [3.05, 3.63) is 60.2 Å².